The first-order valence-electron chi connectivity index (χ1n) is 21.9. The number of hydrogen-bond donors (Lipinski definition) is 4. The van der Waals surface area contributed by atoms with Gasteiger partial charge in [0.1, 0.15) is 11.6 Å². The zero-order valence-corrected chi connectivity index (χ0v) is 40.6. The second-order valence-corrected chi connectivity index (χ2v) is 17.8. The van der Waals surface area contributed by atoms with Gasteiger partial charge in [-0.15, -0.1) is 19.7 Å². The molecule has 9 heteroatoms. The number of thioether (sulfide) groups is 1. The van der Waals surface area contributed by atoms with Crippen molar-refractivity contribution in [3.05, 3.63) is 147 Å². The molecule has 0 radical (unpaired) electrons. The molecular weight excluding hydrogens is 779 g/mol. The molecule has 2 atom stereocenters. The van der Waals surface area contributed by atoms with E-state index in [-0.39, 0.29) is 23.1 Å². The van der Waals surface area contributed by atoms with E-state index < -0.39 is 11.6 Å². The maximum atomic E-state index is 15.0. The number of nitrogens with zero attached hydrogens (tertiary/aromatic N) is 2. The Morgan fingerprint density at radius 2 is 1.59 bits per heavy atom. The molecule has 0 bridgehead atoms. The van der Waals surface area contributed by atoms with Crippen LogP contribution in [0.3, 0.4) is 0 Å². The molecule has 0 spiro atoms. The molecule has 6 nitrogen and oxygen atoms in total. The molecule has 2 aromatic carbocycles. The van der Waals surface area contributed by atoms with Crippen LogP contribution in [0.2, 0.25) is 0 Å². The van der Waals surface area contributed by atoms with Crippen LogP contribution < -0.4 is 21.7 Å². The maximum absolute atomic E-state index is 15.0. The zero-order chi connectivity index (χ0) is 46.4. The highest BCUT2D eigenvalue weighted by Crippen LogP contribution is 2.43. The molecule has 342 valence electrons. The summed E-state index contributed by atoms with van der Waals surface area (Å²) in [5.41, 5.74) is 10.1. The van der Waals surface area contributed by atoms with Gasteiger partial charge in [0.25, 0.3) is 0 Å². The summed E-state index contributed by atoms with van der Waals surface area (Å²) in [6.45, 7) is 41.2. The van der Waals surface area contributed by atoms with Crippen molar-refractivity contribution in [2.75, 3.05) is 51.8 Å². The average molecular weight is 863 g/mol. The summed E-state index contributed by atoms with van der Waals surface area (Å²) >= 11 is 1.78. The Kier molecular flexibility index (Phi) is 29.8. The van der Waals surface area contributed by atoms with Crippen LogP contribution in [0.4, 0.5) is 8.78 Å². The van der Waals surface area contributed by atoms with Gasteiger partial charge in [0, 0.05) is 59.9 Å². The van der Waals surface area contributed by atoms with E-state index in [4.69, 9.17) is 5.73 Å². The third-order valence-electron chi connectivity index (χ3n) is 10.4. The van der Waals surface area contributed by atoms with Crippen molar-refractivity contribution in [1.82, 2.24) is 25.4 Å². The summed E-state index contributed by atoms with van der Waals surface area (Å²) in [7, 11) is 3.85. The van der Waals surface area contributed by atoms with E-state index in [9.17, 15) is 8.78 Å². The summed E-state index contributed by atoms with van der Waals surface area (Å²) in [6, 6.07) is 15.8. The first-order chi connectivity index (χ1) is 29.0. The molecule has 3 aromatic rings. The second kappa shape index (κ2) is 31.9. The van der Waals surface area contributed by atoms with E-state index in [1.807, 2.05) is 56.7 Å². The fourth-order valence-electron chi connectivity index (χ4n) is 6.97. The lowest BCUT2D eigenvalue weighted by Crippen LogP contribution is -2.39. The fraction of sp³-hybridized carbons (Fsp3) is 0.500. The molecular formula is C52H84F2N6S. The van der Waals surface area contributed by atoms with E-state index >= 15 is 0 Å². The van der Waals surface area contributed by atoms with Gasteiger partial charge in [0.05, 0.1) is 12.1 Å². The summed E-state index contributed by atoms with van der Waals surface area (Å²) in [4.78, 5) is 2.35. The summed E-state index contributed by atoms with van der Waals surface area (Å²) in [5, 5.41) is 9.12. The quantitative estimate of drug-likeness (QED) is 0.0673. The van der Waals surface area contributed by atoms with Gasteiger partial charge in [-0.3, -0.25) is 0 Å². The number of hydrogen-bond acceptors (Lipinski definition) is 6. The largest absolute Gasteiger partial charge is 0.384 e. The van der Waals surface area contributed by atoms with Crippen LogP contribution in [0.1, 0.15) is 98.4 Å². The van der Waals surface area contributed by atoms with E-state index in [1.54, 1.807) is 18.0 Å². The van der Waals surface area contributed by atoms with Crippen molar-refractivity contribution in [3.63, 3.8) is 0 Å². The first-order valence-corrected chi connectivity index (χ1v) is 23.1. The highest BCUT2D eigenvalue weighted by Gasteiger charge is 2.35. The maximum Gasteiger partial charge on any atom is 0.131 e. The topological polar surface area (TPSA) is 70.3 Å². The van der Waals surface area contributed by atoms with Crippen LogP contribution in [0, 0.1) is 28.4 Å². The van der Waals surface area contributed by atoms with Crippen molar-refractivity contribution in [3.8, 4) is 11.1 Å². The minimum atomic E-state index is -0.468. The minimum absolute atomic E-state index is 0.0993. The van der Waals surface area contributed by atoms with Gasteiger partial charge in [-0.2, -0.15) is 11.8 Å². The van der Waals surface area contributed by atoms with Crippen LogP contribution in [0.25, 0.3) is 11.1 Å². The Labute approximate surface area is 376 Å². The van der Waals surface area contributed by atoms with Crippen LogP contribution >= 0.6 is 11.8 Å². The summed E-state index contributed by atoms with van der Waals surface area (Å²) in [5.74, 6) is 1.43. The van der Waals surface area contributed by atoms with E-state index in [2.05, 4.69) is 132 Å². The average Bonchev–Trinajstić information content (AvgIpc) is 3.63. The minimum Gasteiger partial charge on any atom is -0.384 e. The highest BCUT2D eigenvalue weighted by atomic mass is 32.2. The molecule has 0 amide bonds. The number of likely N-dealkylation sites (N-methyl/N-ethyl adjacent to an activating group) is 1. The molecule has 5 N–H and O–H groups in total. The molecule has 0 aliphatic heterocycles. The van der Waals surface area contributed by atoms with Crippen LogP contribution in [-0.2, 0) is 6.54 Å². The zero-order valence-electron chi connectivity index (χ0n) is 39.8. The van der Waals surface area contributed by atoms with Crippen LogP contribution in [0.5, 0.6) is 0 Å². The lowest BCUT2D eigenvalue weighted by atomic mass is 9.76. The molecule has 0 saturated carbocycles. The van der Waals surface area contributed by atoms with Gasteiger partial charge >= 0.3 is 0 Å². The van der Waals surface area contributed by atoms with Gasteiger partial charge < -0.3 is 31.2 Å². The predicted octanol–water partition coefficient (Wildman–Crippen LogP) is 12.4. The Hall–Kier alpha value is -3.89. The van der Waals surface area contributed by atoms with Gasteiger partial charge in [-0.1, -0.05) is 130 Å². The summed E-state index contributed by atoms with van der Waals surface area (Å²) in [6.07, 6.45) is 13.9. The number of aromatic nitrogens is 1. The lowest BCUT2D eigenvalue weighted by molar-refractivity contribution is 0.127. The number of benzene rings is 2. The Morgan fingerprint density at radius 3 is 2.03 bits per heavy atom. The van der Waals surface area contributed by atoms with Crippen molar-refractivity contribution in [1.29, 1.82) is 0 Å². The molecule has 0 fully saturated rings. The van der Waals surface area contributed by atoms with Crippen molar-refractivity contribution in [2.24, 2.45) is 22.5 Å². The molecule has 61 heavy (non-hydrogen) atoms. The molecule has 1 heterocycles. The Bertz CT molecular complexity index is 1660. The third-order valence-corrected chi connectivity index (χ3v) is 11.5. The third kappa shape index (κ3) is 21.7. The lowest BCUT2D eigenvalue weighted by Gasteiger charge is -2.43. The van der Waals surface area contributed by atoms with Gasteiger partial charge in [0.2, 0.25) is 0 Å². The number of allylic oxidation sites excluding steroid dienone is 1. The normalized spacial score (nSPS) is 12.0. The van der Waals surface area contributed by atoms with Gasteiger partial charge in [-0.05, 0) is 92.8 Å². The molecule has 1 aromatic heterocycles. The molecule has 3 rings (SSSR count). The van der Waals surface area contributed by atoms with Gasteiger partial charge in [-0.25, -0.2) is 8.78 Å². The smallest absolute Gasteiger partial charge is 0.131 e. The van der Waals surface area contributed by atoms with Crippen molar-refractivity contribution in [2.45, 2.75) is 99.7 Å². The van der Waals surface area contributed by atoms with Crippen LogP contribution in [-0.4, -0.2) is 67.3 Å². The van der Waals surface area contributed by atoms with Crippen molar-refractivity contribution >= 4 is 11.8 Å². The molecule has 0 saturated heterocycles. The highest BCUT2D eigenvalue weighted by molar-refractivity contribution is 7.99. The molecule has 2 unspecified atom stereocenters. The summed E-state index contributed by atoms with van der Waals surface area (Å²) < 4.78 is 31.4. The molecule has 0 aliphatic rings. The first kappa shape index (κ1) is 57.1. The number of nitrogens with one attached hydrogen (secondary N) is 3. The van der Waals surface area contributed by atoms with Gasteiger partial charge in [0.15, 0.2) is 0 Å². The number of rotatable bonds is 24. The van der Waals surface area contributed by atoms with Crippen LogP contribution in [0.15, 0.2) is 124 Å². The SMILES string of the molecule is C=CC(C)(C)C(CC)CC.C=CCNC.C=CNC(C=C)CSCC(=C)N(CCCN)C(c1cc(-c2cc(F)ccc2F)cn1Cc1ccccc1)C(C)(C)C.CCCNC. The molecule has 0 aliphatic carbocycles. The number of halogens is 2. The number of nitrogens with two attached hydrogens (primary N) is 1. The second-order valence-electron chi connectivity index (χ2n) is 16.8. The predicted molar refractivity (Wildman–Crippen MR) is 268 cm³/mol. The Morgan fingerprint density at radius 1 is 0.934 bits per heavy atom. The van der Waals surface area contributed by atoms with E-state index in [0.717, 1.165) is 66.5 Å². The standard InChI is InChI=1S/C34H44F2N4S.C10H20.C4H11N.C4H9N/c1-7-29(38-8-2)24-41-23-25(3)40(18-12-17-37)33(34(4,5)6)32-19-27(30-20-28(35)15-16-31(30)36)22-39(32)21-26-13-10-9-11-14-26;1-6-9(7-2)10(4,5)8-3;2*1-3-4-5-2/h7-11,13-16,19-20,22,29,33,38H,1-3,12,17-18,21,23-24,37H2,4-6H3;8-9H,3,6-7H2,1-2,4-5H3;5H,3-4H2,1-2H3;3,5H,1,4H2,2H3. The Balaban J connectivity index is 0.00000148. The fourth-order valence-corrected chi connectivity index (χ4v) is 7.97. The van der Waals surface area contributed by atoms with Crippen molar-refractivity contribution < 1.29 is 8.78 Å². The monoisotopic (exact) mass is 863 g/mol. The van der Waals surface area contributed by atoms with E-state index in [1.165, 1.54) is 31.4 Å². The van der Waals surface area contributed by atoms with E-state index in [0.29, 0.717) is 24.1 Å².